The Morgan fingerprint density at radius 3 is 0.521 bits per heavy atom. The minimum Gasteiger partial charge on any atom is -0.507 e. The van der Waals surface area contributed by atoms with Crippen molar-refractivity contribution in [2.75, 3.05) is 26.9 Å². The van der Waals surface area contributed by atoms with E-state index < -0.39 is 5.97 Å². The maximum Gasteiger partial charge on any atom is 0.343 e. The van der Waals surface area contributed by atoms with Crippen molar-refractivity contribution in [1.82, 2.24) is 0 Å². The number of phenols is 5. The van der Waals surface area contributed by atoms with Gasteiger partial charge in [0.1, 0.15) is 34.5 Å². The third kappa shape index (κ3) is 46.6. The van der Waals surface area contributed by atoms with E-state index >= 15 is 0 Å². The highest BCUT2D eigenvalue weighted by Crippen LogP contribution is 2.47. The first-order valence-electron chi connectivity index (χ1n) is 55.5. The number of unbranched alkanes of at least 4 members (excludes halogenated alkanes) is 30. The van der Waals surface area contributed by atoms with Crippen LogP contribution in [0.3, 0.4) is 0 Å². The molecule has 0 atom stereocenters. The molecule has 0 aliphatic carbocycles. The van der Waals surface area contributed by atoms with E-state index in [-0.39, 0.29) is 100 Å². The van der Waals surface area contributed by atoms with E-state index in [1.807, 2.05) is 137 Å². The number of rotatable bonds is 42. The van der Waals surface area contributed by atoms with E-state index in [9.17, 15) is 49.5 Å². The summed E-state index contributed by atoms with van der Waals surface area (Å²) in [4.78, 5) is 63.2. The second kappa shape index (κ2) is 59.2. The molecule has 6 aromatic carbocycles. The number of benzene rings is 6. The summed E-state index contributed by atoms with van der Waals surface area (Å²) in [7, 11) is 1.36. The zero-order valence-electron chi connectivity index (χ0n) is 99.3. The fraction of sp³-hybridized carbons (Fsp3) is 0.682. The Kier molecular flexibility index (Phi) is 54.1. The lowest BCUT2D eigenvalue weighted by atomic mass is 9.78. The number of ether oxygens (including phenoxy) is 5. The van der Waals surface area contributed by atoms with Crippen molar-refractivity contribution in [1.29, 1.82) is 0 Å². The van der Waals surface area contributed by atoms with E-state index in [2.05, 4.69) is 151 Å². The monoisotopic (exact) mass is 2000 g/mol. The molecule has 6 rings (SSSR count). The maximum absolute atomic E-state index is 13.3. The molecule has 5 N–H and O–H groups in total. The van der Waals surface area contributed by atoms with Crippen LogP contribution in [0, 0.1) is 0 Å². The molecule has 0 aromatic heterocycles. The van der Waals surface area contributed by atoms with Gasteiger partial charge < -0.3 is 49.2 Å². The third-order valence-corrected chi connectivity index (χ3v) is 26.8. The van der Waals surface area contributed by atoms with Gasteiger partial charge in [0.25, 0.3) is 0 Å². The van der Waals surface area contributed by atoms with E-state index in [0.717, 1.165) is 99.7 Å². The molecule has 0 aliphatic heterocycles. The van der Waals surface area contributed by atoms with Gasteiger partial charge in [-0.2, -0.15) is 0 Å². The second-order valence-electron chi connectivity index (χ2n) is 53.2. The molecule has 0 bridgehead atoms. The average Bonchev–Trinajstić information content (AvgIpc) is 0.768. The van der Waals surface area contributed by atoms with Crippen molar-refractivity contribution in [3.63, 3.8) is 0 Å². The Morgan fingerprint density at radius 2 is 0.361 bits per heavy atom. The van der Waals surface area contributed by atoms with Crippen LogP contribution in [0.5, 0.6) is 34.5 Å². The molecule has 816 valence electrons. The SMILES string of the molecule is CC(C)(C)c1ccc(OC(=O)c2cc(C(C)(C)C)c(O)c(C(C)(C)C)c2)c(C(C)(C)C)c1.CCCCCCCCCCCCCCCCOC(=O)c1cc(C(C)(C)C)c(O)c(C(C)(C)C)c1.CCCCCCCCCCCCCOC(=O)c1cc(C(C)(C)C)c(O)c(C(C)(C)C)c1.CCCCCCCCCCOC(=O)c1cc(C(C)(C)C)c(O)c(C(C)(C)C)c1.COC(=O)c1cc(C(C)(C)C)c(O)c(C(C)(C)C)c1. The molecular weight excluding hydrogens is 1790 g/mol. The lowest BCUT2D eigenvalue weighted by molar-refractivity contribution is 0.0488. The van der Waals surface area contributed by atoms with Crippen molar-refractivity contribution in [3.05, 3.63) is 173 Å². The fourth-order valence-corrected chi connectivity index (χ4v) is 17.5. The molecular formula is C129H210O15. The van der Waals surface area contributed by atoms with Crippen molar-refractivity contribution in [2.45, 2.75) is 547 Å². The van der Waals surface area contributed by atoms with Crippen LogP contribution < -0.4 is 4.74 Å². The highest BCUT2D eigenvalue weighted by molar-refractivity contribution is 5.94. The smallest absolute Gasteiger partial charge is 0.343 e. The lowest BCUT2D eigenvalue weighted by Crippen LogP contribution is -2.21. The van der Waals surface area contributed by atoms with E-state index in [1.54, 1.807) is 60.7 Å². The molecule has 0 fully saturated rings. The number of hydrogen-bond acceptors (Lipinski definition) is 15. The molecule has 0 aliphatic rings. The van der Waals surface area contributed by atoms with Crippen LogP contribution in [0.25, 0.3) is 0 Å². The largest absolute Gasteiger partial charge is 0.507 e. The van der Waals surface area contributed by atoms with Crippen LogP contribution in [-0.4, -0.2) is 82.3 Å². The third-order valence-electron chi connectivity index (χ3n) is 26.8. The van der Waals surface area contributed by atoms with Gasteiger partial charge in [-0.1, -0.05) is 475 Å². The van der Waals surface area contributed by atoms with Crippen LogP contribution >= 0.6 is 0 Å². The molecule has 0 heterocycles. The Bertz CT molecular complexity index is 4710. The molecule has 0 amide bonds. The van der Waals surface area contributed by atoms with Crippen molar-refractivity contribution in [2.24, 2.45) is 0 Å². The first kappa shape index (κ1) is 132. The maximum atomic E-state index is 13.3. The summed E-state index contributed by atoms with van der Waals surface area (Å²) >= 11 is 0. The predicted octanol–water partition coefficient (Wildman–Crippen LogP) is 36.9. The highest BCUT2D eigenvalue weighted by atomic mass is 16.5. The molecule has 0 saturated heterocycles. The van der Waals surface area contributed by atoms with Crippen molar-refractivity contribution >= 4 is 29.8 Å². The molecule has 0 saturated carbocycles. The molecule has 0 spiro atoms. The van der Waals surface area contributed by atoms with E-state index in [1.165, 1.54) is 186 Å². The van der Waals surface area contributed by atoms with Gasteiger partial charge in [0.05, 0.1) is 54.7 Å². The van der Waals surface area contributed by atoms with Crippen LogP contribution in [-0.2, 0) is 83.9 Å². The number of aromatic hydroxyl groups is 5. The summed E-state index contributed by atoms with van der Waals surface area (Å²) < 4.78 is 27.5. The number of carbonyl (C=O) groups excluding carboxylic acids is 5. The normalized spacial score (nSPS) is 12.5. The Morgan fingerprint density at radius 1 is 0.201 bits per heavy atom. The van der Waals surface area contributed by atoms with Crippen LogP contribution in [0.1, 0.15) is 600 Å². The summed E-state index contributed by atoms with van der Waals surface area (Å²) in [6, 6.07) is 23.9. The van der Waals surface area contributed by atoms with Gasteiger partial charge in [0.15, 0.2) is 0 Å². The standard InChI is InChI=1S/C31H54O3.C29H42O3.C28H48O3.C25H42O3.C16H24O3/c1-8-9-10-11-12-13-14-15-16-17-18-19-20-21-22-34-29(33)25-23-26(30(2,3)4)28(32)27(24-25)31(5,6)7;1-26(2,3)19-13-14-23(20(17-19)27(4,5)6)32-25(31)18-15-21(28(7,8)9)24(30)22(16-18)29(10,11)12;1-8-9-10-11-12-13-14-15-16-17-18-19-31-26(30)22-20-23(27(2,3)4)25(29)24(21-22)28(5,6)7;1-8-9-10-11-12-13-14-15-16-28-23(27)19-17-20(24(2,3)4)22(26)21(18-19)25(5,6)7;1-15(2,3)11-8-10(14(18)19-7)9-12(13(11)17)16(4,5)6/h23-24,32H,8-22H2,1-7H3;13-17,30H,1-12H3;20-21,29H,8-19H2,1-7H3;17-18,26H,8-16H2,1-7H3;8-9,17H,1-7H3. The first-order chi connectivity index (χ1) is 66.1. The molecule has 15 heteroatoms. The number of methoxy groups -OCH3 is 1. The zero-order chi connectivity index (χ0) is 110. The molecule has 15 nitrogen and oxygen atoms in total. The molecule has 0 unspecified atom stereocenters. The van der Waals surface area contributed by atoms with E-state index in [0.29, 0.717) is 70.6 Å². The van der Waals surface area contributed by atoms with Gasteiger partial charge in [-0.25, -0.2) is 24.0 Å². The number of hydrogen-bond donors (Lipinski definition) is 5. The Labute approximate surface area is 879 Å². The van der Waals surface area contributed by atoms with Crippen LogP contribution in [0.4, 0.5) is 0 Å². The lowest BCUT2D eigenvalue weighted by Gasteiger charge is -2.28. The van der Waals surface area contributed by atoms with Crippen LogP contribution in [0.2, 0.25) is 0 Å². The van der Waals surface area contributed by atoms with Crippen molar-refractivity contribution in [3.8, 4) is 34.5 Å². The van der Waals surface area contributed by atoms with Gasteiger partial charge in [-0.3, -0.25) is 0 Å². The first-order valence-corrected chi connectivity index (χ1v) is 55.5. The summed E-state index contributed by atoms with van der Waals surface area (Å²) in [6.45, 7) is 82.2. The summed E-state index contributed by atoms with van der Waals surface area (Å²) in [6.07, 6.45) is 42.2. The van der Waals surface area contributed by atoms with Gasteiger partial charge in [-0.15, -0.1) is 0 Å². The van der Waals surface area contributed by atoms with Gasteiger partial charge in [-0.05, 0) is 157 Å². The quantitative estimate of drug-likeness (QED) is 0.0104. The molecule has 0 radical (unpaired) electrons. The molecule has 6 aromatic rings. The number of esters is 5. The number of phenolic OH excluding ortho intramolecular Hbond substituents is 5. The van der Waals surface area contributed by atoms with E-state index in [4.69, 9.17) is 23.7 Å². The summed E-state index contributed by atoms with van der Waals surface area (Å²) in [5.41, 5.74) is 9.73. The topological polar surface area (TPSA) is 233 Å². The van der Waals surface area contributed by atoms with Gasteiger partial charge in [0, 0.05) is 61.2 Å². The number of carbonyl (C=O) groups is 5. The summed E-state index contributed by atoms with van der Waals surface area (Å²) in [5.74, 6) is 0.334. The minimum atomic E-state index is -0.407. The van der Waals surface area contributed by atoms with Gasteiger partial charge >= 0.3 is 29.8 Å². The summed E-state index contributed by atoms with van der Waals surface area (Å²) in [5, 5.41) is 53.8. The average molecular weight is 2000 g/mol. The van der Waals surface area contributed by atoms with Crippen molar-refractivity contribution < 1.29 is 73.2 Å². The predicted molar refractivity (Wildman–Crippen MR) is 608 cm³/mol. The Balaban J connectivity index is 0.000000615. The second-order valence-corrected chi connectivity index (χ2v) is 53.2. The highest BCUT2D eigenvalue weighted by Gasteiger charge is 2.36. The molecule has 144 heavy (non-hydrogen) atoms. The zero-order valence-corrected chi connectivity index (χ0v) is 99.3. The van der Waals surface area contributed by atoms with Crippen LogP contribution in [0.15, 0.2) is 78.9 Å². The Hall–Kier alpha value is -8.33. The fourth-order valence-electron chi connectivity index (χ4n) is 17.5. The van der Waals surface area contributed by atoms with Gasteiger partial charge in [0.2, 0.25) is 0 Å². The minimum absolute atomic E-state index is 0.00269.